The molecule has 2 N–H and O–H groups in total. The van der Waals surface area contributed by atoms with E-state index in [1.165, 1.54) is 17.7 Å². The third kappa shape index (κ3) is 5.22. The van der Waals surface area contributed by atoms with Crippen LogP contribution >= 0.6 is 0 Å². The van der Waals surface area contributed by atoms with E-state index in [0.29, 0.717) is 24.0 Å². The molecule has 0 radical (unpaired) electrons. The fourth-order valence-corrected chi connectivity index (χ4v) is 4.86. The summed E-state index contributed by atoms with van der Waals surface area (Å²) in [6.07, 6.45) is 7.94. The Bertz CT molecular complexity index is 1090. The van der Waals surface area contributed by atoms with Crippen molar-refractivity contribution >= 4 is 29.2 Å². The summed E-state index contributed by atoms with van der Waals surface area (Å²) < 4.78 is 0. The van der Waals surface area contributed by atoms with Gasteiger partial charge in [0.15, 0.2) is 0 Å². The van der Waals surface area contributed by atoms with E-state index in [4.69, 9.17) is 0 Å². The van der Waals surface area contributed by atoms with Gasteiger partial charge in [0.05, 0.1) is 12.2 Å². The summed E-state index contributed by atoms with van der Waals surface area (Å²) in [5.74, 6) is -0.268. The highest BCUT2D eigenvalue weighted by Crippen LogP contribution is 2.36. The molecule has 0 atom stereocenters. The predicted molar refractivity (Wildman–Crippen MR) is 136 cm³/mol. The summed E-state index contributed by atoms with van der Waals surface area (Å²) >= 11 is 0. The standard InChI is InChI=1S/C27H35N5O3/c1-18(2)22-10-9-21(15-23(22)30-24(33)16-29-20-7-5-6-8-20)32-25(34)27(3,4)31(26(32)35)17-19-11-13-28-14-12-19/h9-15,18,20,29H,5-8,16-17H2,1-4H3,(H,30,33). The SMILES string of the molecule is CC(C)c1ccc(N2C(=O)N(Cc3ccncc3)C(C)(C)C2=O)cc1NC(=O)CNC1CCCC1. The number of carbonyl (C=O) groups excluding carboxylic acids is 3. The van der Waals surface area contributed by atoms with Crippen LogP contribution < -0.4 is 15.5 Å². The van der Waals surface area contributed by atoms with Crippen molar-refractivity contribution in [3.05, 3.63) is 53.9 Å². The van der Waals surface area contributed by atoms with Crippen LogP contribution in [0, 0.1) is 0 Å². The molecule has 2 aromatic rings. The quantitative estimate of drug-likeness (QED) is 0.549. The number of anilines is 2. The van der Waals surface area contributed by atoms with Gasteiger partial charge in [0, 0.05) is 30.7 Å². The lowest BCUT2D eigenvalue weighted by atomic mass is 9.99. The van der Waals surface area contributed by atoms with E-state index in [1.807, 2.05) is 32.0 Å². The minimum absolute atomic E-state index is 0.130. The zero-order chi connectivity index (χ0) is 25.2. The van der Waals surface area contributed by atoms with Gasteiger partial charge in [-0.25, -0.2) is 9.69 Å². The average Bonchev–Trinajstić information content (AvgIpc) is 3.40. The molecule has 2 heterocycles. The second-order valence-electron chi connectivity index (χ2n) is 10.3. The third-order valence-corrected chi connectivity index (χ3v) is 7.01. The number of nitrogens with zero attached hydrogens (tertiary/aromatic N) is 3. The van der Waals surface area contributed by atoms with Crippen molar-refractivity contribution in [2.45, 2.75) is 77.4 Å². The molecule has 8 nitrogen and oxygen atoms in total. The number of nitrogens with one attached hydrogen (secondary N) is 2. The maximum absolute atomic E-state index is 13.5. The van der Waals surface area contributed by atoms with E-state index in [9.17, 15) is 14.4 Å². The van der Waals surface area contributed by atoms with Crippen molar-refractivity contribution in [1.82, 2.24) is 15.2 Å². The second kappa shape index (κ2) is 10.2. The molecule has 1 saturated heterocycles. The van der Waals surface area contributed by atoms with Crippen molar-refractivity contribution in [1.29, 1.82) is 0 Å². The molecular weight excluding hydrogens is 442 g/mol. The molecule has 1 aromatic carbocycles. The van der Waals surface area contributed by atoms with Gasteiger partial charge >= 0.3 is 6.03 Å². The number of amides is 4. The van der Waals surface area contributed by atoms with Crippen LogP contribution in [-0.2, 0) is 16.1 Å². The van der Waals surface area contributed by atoms with Crippen molar-refractivity contribution in [3.8, 4) is 0 Å². The molecular formula is C27H35N5O3. The Balaban J connectivity index is 1.57. The molecule has 4 amide bonds. The zero-order valence-corrected chi connectivity index (χ0v) is 21.0. The lowest BCUT2D eigenvalue weighted by molar-refractivity contribution is -0.123. The smallest absolute Gasteiger partial charge is 0.325 e. The lowest BCUT2D eigenvalue weighted by Crippen LogP contribution is -2.43. The number of aromatic nitrogens is 1. The zero-order valence-electron chi connectivity index (χ0n) is 21.0. The number of benzene rings is 1. The van der Waals surface area contributed by atoms with Crippen LogP contribution in [0.15, 0.2) is 42.7 Å². The maximum Gasteiger partial charge on any atom is 0.332 e. The molecule has 35 heavy (non-hydrogen) atoms. The number of carbonyl (C=O) groups is 3. The van der Waals surface area contributed by atoms with Gasteiger partial charge in [0.2, 0.25) is 5.91 Å². The monoisotopic (exact) mass is 477 g/mol. The summed E-state index contributed by atoms with van der Waals surface area (Å²) in [6.45, 7) is 8.15. The van der Waals surface area contributed by atoms with Gasteiger partial charge in [-0.2, -0.15) is 0 Å². The van der Waals surface area contributed by atoms with Crippen molar-refractivity contribution in [2.24, 2.45) is 0 Å². The van der Waals surface area contributed by atoms with Gasteiger partial charge in [-0.3, -0.25) is 14.6 Å². The fourth-order valence-electron chi connectivity index (χ4n) is 4.86. The van der Waals surface area contributed by atoms with Gasteiger partial charge in [-0.1, -0.05) is 32.8 Å². The molecule has 8 heteroatoms. The summed E-state index contributed by atoms with van der Waals surface area (Å²) in [7, 11) is 0. The number of pyridine rings is 1. The van der Waals surface area contributed by atoms with Crippen molar-refractivity contribution in [2.75, 3.05) is 16.8 Å². The molecule has 2 fully saturated rings. The van der Waals surface area contributed by atoms with Crippen LogP contribution in [0.4, 0.5) is 16.2 Å². The van der Waals surface area contributed by atoms with Crippen LogP contribution in [0.1, 0.15) is 70.4 Å². The number of hydrogen-bond acceptors (Lipinski definition) is 5. The minimum Gasteiger partial charge on any atom is -0.325 e. The van der Waals surface area contributed by atoms with Crippen LogP contribution in [0.5, 0.6) is 0 Å². The molecule has 4 rings (SSSR count). The summed E-state index contributed by atoms with van der Waals surface area (Å²) in [5, 5.41) is 6.34. The average molecular weight is 478 g/mol. The highest BCUT2D eigenvalue weighted by atomic mass is 16.2. The Hall–Kier alpha value is -3.26. The van der Waals surface area contributed by atoms with E-state index < -0.39 is 5.54 Å². The molecule has 0 unspecified atom stereocenters. The Kier molecular flexibility index (Phi) is 7.21. The summed E-state index contributed by atoms with van der Waals surface area (Å²) in [6, 6.07) is 9.09. The highest BCUT2D eigenvalue weighted by molar-refractivity contribution is 6.23. The molecule has 186 valence electrons. The first kappa shape index (κ1) is 24.9. The molecule has 0 bridgehead atoms. The Morgan fingerprint density at radius 3 is 2.46 bits per heavy atom. The first-order valence-electron chi connectivity index (χ1n) is 12.4. The van der Waals surface area contributed by atoms with Crippen LogP contribution in [0.25, 0.3) is 0 Å². The number of imide groups is 1. The van der Waals surface area contributed by atoms with Crippen LogP contribution in [-0.4, -0.2) is 45.9 Å². The summed E-state index contributed by atoms with van der Waals surface area (Å²) in [4.78, 5) is 46.4. The van der Waals surface area contributed by atoms with Crippen LogP contribution in [0.2, 0.25) is 0 Å². The Morgan fingerprint density at radius 2 is 1.80 bits per heavy atom. The highest BCUT2D eigenvalue weighted by Gasteiger charge is 2.51. The first-order valence-corrected chi connectivity index (χ1v) is 12.4. The largest absolute Gasteiger partial charge is 0.332 e. The van der Waals surface area contributed by atoms with Gasteiger partial charge in [0.25, 0.3) is 5.91 Å². The van der Waals surface area contributed by atoms with E-state index in [-0.39, 0.29) is 30.3 Å². The van der Waals surface area contributed by atoms with Gasteiger partial charge in [0.1, 0.15) is 5.54 Å². The van der Waals surface area contributed by atoms with Gasteiger partial charge in [-0.15, -0.1) is 0 Å². The minimum atomic E-state index is -1.01. The Labute approximate surface area is 207 Å². The van der Waals surface area contributed by atoms with Gasteiger partial charge in [-0.05, 0) is 68.0 Å². The van der Waals surface area contributed by atoms with E-state index in [0.717, 1.165) is 24.0 Å². The molecule has 0 spiro atoms. The second-order valence-corrected chi connectivity index (χ2v) is 10.3. The molecule has 1 saturated carbocycles. The molecule has 1 aliphatic carbocycles. The maximum atomic E-state index is 13.5. The van der Waals surface area contributed by atoms with Crippen LogP contribution in [0.3, 0.4) is 0 Å². The van der Waals surface area contributed by atoms with E-state index >= 15 is 0 Å². The molecule has 1 aromatic heterocycles. The normalized spacial score (nSPS) is 18.1. The Morgan fingerprint density at radius 1 is 1.11 bits per heavy atom. The topological polar surface area (TPSA) is 94.6 Å². The molecule has 1 aliphatic heterocycles. The van der Waals surface area contributed by atoms with Gasteiger partial charge < -0.3 is 15.5 Å². The third-order valence-electron chi connectivity index (χ3n) is 7.01. The summed E-state index contributed by atoms with van der Waals surface area (Å²) in [5.41, 5.74) is 1.92. The predicted octanol–water partition coefficient (Wildman–Crippen LogP) is 4.42. The lowest BCUT2D eigenvalue weighted by Gasteiger charge is -2.27. The number of hydrogen-bond donors (Lipinski definition) is 2. The van der Waals surface area contributed by atoms with Crippen molar-refractivity contribution in [3.63, 3.8) is 0 Å². The molecule has 2 aliphatic rings. The van der Waals surface area contributed by atoms with Crippen molar-refractivity contribution < 1.29 is 14.4 Å². The first-order chi connectivity index (χ1) is 16.7. The van der Waals surface area contributed by atoms with E-state index in [1.54, 1.807) is 43.3 Å². The fraction of sp³-hybridized carbons (Fsp3) is 0.481. The number of rotatable bonds is 8. The van der Waals surface area contributed by atoms with E-state index in [2.05, 4.69) is 15.6 Å². The number of urea groups is 1.